The van der Waals surface area contributed by atoms with Crippen LogP contribution in [0.15, 0.2) is 30.6 Å². The molecule has 0 saturated heterocycles. The molecule has 0 unspecified atom stereocenters. The van der Waals surface area contributed by atoms with Gasteiger partial charge in [0, 0.05) is 30.2 Å². The van der Waals surface area contributed by atoms with Gasteiger partial charge in [0.25, 0.3) is 0 Å². The summed E-state index contributed by atoms with van der Waals surface area (Å²) in [4.78, 5) is 8.56. The van der Waals surface area contributed by atoms with Crippen LogP contribution in [0.2, 0.25) is 0 Å². The van der Waals surface area contributed by atoms with Gasteiger partial charge in [-0.05, 0) is 31.5 Å². The molecule has 0 spiro atoms. The highest BCUT2D eigenvalue weighted by molar-refractivity contribution is 5.74. The van der Waals surface area contributed by atoms with Crippen LogP contribution in [0.1, 0.15) is 16.8 Å². The Morgan fingerprint density at radius 2 is 1.89 bits per heavy atom. The zero-order valence-corrected chi connectivity index (χ0v) is 10.9. The van der Waals surface area contributed by atoms with Crippen molar-refractivity contribution in [1.29, 1.82) is 0 Å². The average Bonchev–Trinajstić information content (AvgIpc) is 2.76. The van der Waals surface area contributed by atoms with Crippen molar-refractivity contribution in [3.8, 4) is 0 Å². The number of nitrogens with zero attached hydrogens (tertiary/aromatic N) is 3. The molecule has 0 radical (unpaired) electrons. The van der Waals surface area contributed by atoms with Crippen molar-refractivity contribution >= 4 is 16.9 Å². The highest BCUT2D eigenvalue weighted by Crippen LogP contribution is 2.16. The smallest absolute Gasteiger partial charge is 0.151 e. The van der Waals surface area contributed by atoms with E-state index in [1.54, 1.807) is 12.4 Å². The molecule has 2 N–H and O–H groups in total. The van der Waals surface area contributed by atoms with Gasteiger partial charge >= 0.3 is 0 Å². The van der Waals surface area contributed by atoms with E-state index >= 15 is 0 Å². The van der Waals surface area contributed by atoms with E-state index in [1.165, 1.54) is 0 Å². The maximum absolute atomic E-state index is 4.31. The summed E-state index contributed by atoms with van der Waals surface area (Å²) in [7, 11) is 0. The van der Waals surface area contributed by atoms with Crippen LogP contribution in [0, 0.1) is 13.8 Å². The fourth-order valence-electron chi connectivity index (χ4n) is 1.96. The van der Waals surface area contributed by atoms with Crippen molar-refractivity contribution in [3.63, 3.8) is 0 Å². The second-order valence-electron chi connectivity index (χ2n) is 4.56. The molecule has 0 amide bonds. The molecule has 2 heterocycles. The lowest BCUT2D eigenvalue weighted by Gasteiger charge is -2.05. The standard InChI is InChI=1S/C14H15N5/c1-9-10(2)18-19-14(9)17-8-11-3-4-12-13(7-11)16-6-5-15-12/h3-7H,8H2,1-2H3,(H2,17,18,19). The van der Waals surface area contributed by atoms with E-state index in [0.717, 1.165) is 40.2 Å². The minimum Gasteiger partial charge on any atom is -0.364 e. The summed E-state index contributed by atoms with van der Waals surface area (Å²) in [5, 5.41) is 10.5. The number of benzene rings is 1. The molecule has 19 heavy (non-hydrogen) atoms. The number of aromatic nitrogens is 4. The molecule has 0 atom stereocenters. The van der Waals surface area contributed by atoms with Crippen LogP contribution < -0.4 is 5.32 Å². The number of rotatable bonds is 3. The summed E-state index contributed by atoms with van der Waals surface area (Å²) in [6, 6.07) is 6.09. The molecule has 0 aliphatic heterocycles. The van der Waals surface area contributed by atoms with E-state index in [9.17, 15) is 0 Å². The van der Waals surface area contributed by atoms with Gasteiger partial charge in [-0.1, -0.05) is 6.07 Å². The van der Waals surface area contributed by atoms with E-state index in [-0.39, 0.29) is 0 Å². The second-order valence-corrected chi connectivity index (χ2v) is 4.56. The van der Waals surface area contributed by atoms with E-state index in [4.69, 9.17) is 0 Å². The number of aromatic amines is 1. The third kappa shape index (κ3) is 2.27. The third-order valence-corrected chi connectivity index (χ3v) is 3.25. The number of hydrogen-bond donors (Lipinski definition) is 2. The van der Waals surface area contributed by atoms with Crippen molar-refractivity contribution in [2.45, 2.75) is 20.4 Å². The Bertz CT molecular complexity index is 717. The molecule has 0 fully saturated rings. The van der Waals surface area contributed by atoms with Crippen LogP contribution in [0.4, 0.5) is 5.82 Å². The zero-order valence-electron chi connectivity index (χ0n) is 10.9. The SMILES string of the molecule is Cc1[nH]nc(NCc2ccc3nccnc3c2)c1C. The molecule has 0 aliphatic rings. The predicted molar refractivity (Wildman–Crippen MR) is 74.9 cm³/mol. The van der Waals surface area contributed by atoms with Gasteiger partial charge in [-0.3, -0.25) is 15.1 Å². The average molecular weight is 253 g/mol. The van der Waals surface area contributed by atoms with Gasteiger partial charge in [-0.25, -0.2) is 0 Å². The minimum absolute atomic E-state index is 0.720. The Kier molecular flexibility index (Phi) is 2.87. The molecular formula is C14H15N5. The summed E-state index contributed by atoms with van der Waals surface area (Å²) < 4.78 is 0. The molecule has 0 saturated carbocycles. The van der Waals surface area contributed by atoms with Gasteiger partial charge in [-0.15, -0.1) is 0 Å². The van der Waals surface area contributed by atoms with Crippen LogP contribution in [0.3, 0.4) is 0 Å². The number of aryl methyl sites for hydroxylation is 1. The summed E-state index contributed by atoms with van der Waals surface area (Å²) in [5.41, 5.74) is 5.23. The molecule has 0 aliphatic carbocycles. The van der Waals surface area contributed by atoms with Crippen LogP contribution in [-0.2, 0) is 6.54 Å². The first-order valence-corrected chi connectivity index (χ1v) is 6.19. The lowest BCUT2D eigenvalue weighted by Crippen LogP contribution is -2.01. The summed E-state index contributed by atoms with van der Waals surface area (Å²) >= 11 is 0. The number of nitrogens with one attached hydrogen (secondary N) is 2. The Morgan fingerprint density at radius 3 is 2.63 bits per heavy atom. The van der Waals surface area contributed by atoms with Crippen molar-refractivity contribution in [1.82, 2.24) is 20.2 Å². The highest BCUT2D eigenvalue weighted by atomic mass is 15.2. The van der Waals surface area contributed by atoms with Gasteiger partial charge in [-0.2, -0.15) is 5.10 Å². The van der Waals surface area contributed by atoms with E-state index in [0.29, 0.717) is 0 Å². The molecule has 3 aromatic rings. The Morgan fingerprint density at radius 1 is 1.11 bits per heavy atom. The van der Waals surface area contributed by atoms with Crippen molar-refractivity contribution < 1.29 is 0 Å². The quantitative estimate of drug-likeness (QED) is 0.753. The number of H-pyrrole nitrogens is 1. The molecule has 2 aromatic heterocycles. The van der Waals surface area contributed by atoms with Gasteiger partial charge in [0.1, 0.15) is 0 Å². The molecule has 3 rings (SSSR count). The van der Waals surface area contributed by atoms with Gasteiger partial charge in [0.05, 0.1) is 11.0 Å². The van der Waals surface area contributed by atoms with E-state index < -0.39 is 0 Å². The van der Waals surface area contributed by atoms with Crippen molar-refractivity contribution in [2.24, 2.45) is 0 Å². The Hall–Kier alpha value is -2.43. The molecule has 0 bridgehead atoms. The van der Waals surface area contributed by atoms with Gasteiger partial charge in [0.2, 0.25) is 0 Å². The van der Waals surface area contributed by atoms with E-state index in [1.807, 2.05) is 26.0 Å². The number of fused-ring (bicyclic) bond motifs is 1. The fourth-order valence-corrected chi connectivity index (χ4v) is 1.96. The minimum atomic E-state index is 0.720. The zero-order chi connectivity index (χ0) is 13.2. The largest absolute Gasteiger partial charge is 0.364 e. The van der Waals surface area contributed by atoms with E-state index in [2.05, 4.69) is 31.5 Å². The Labute approximate surface area is 111 Å². The topological polar surface area (TPSA) is 66.5 Å². The maximum Gasteiger partial charge on any atom is 0.151 e. The van der Waals surface area contributed by atoms with Gasteiger partial charge in [0.15, 0.2) is 5.82 Å². The first kappa shape index (κ1) is 11.6. The summed E-state index contributed by atoms with van der Waals surface area (Å²) in [6.45, 7) is 4.78. The molecule has 1 aromatic carbocycles. The molecule has 5 heteroatoms. The lowest BCUT2D eigenvalue weighted by molar-refractivity contribution is 1.02. The van der Waals surface area contributed by atoms with Crippen LogP contribution in [0.25, 0.3) is 11.0 Å². The van der Waals surface area contributed by atoms with Crippen LogP contribution in [0.5, 0.6) is 0 Å². The fraction of sp³-hybridized carbons (Fsp3) is 0.214. The molecule has 96 valence electrons. The van der Waals surface area contributed by atoms with Crippen LogP contribution in [-0.4, -0.2) is 20.2 Å². The van der Waals surface area contributed by atoms with Gasteiger partial charge < -0.3 is 5.32 Å². The lowest BCUT2D eigenvalue weighted by atomic mass is 10.2. The second kappa shape index (κ2) is 4.68. The van der Waals surface area contributed by atoms with Crippen molar-refractivity contribution in [2.75, 3.05) is 5.32 Å². The molecular weight excluding hydrogens is 238 g/mol. The number of hydrogen-bond acceptors (Lipinski definition) is 4. The first-order valence-electron chi connectivity index (χ1n) is 6.19. The summed E-state index contributed by atoms with van der Waals surface area (Å²) in [6.07, 6.45) is 3.41. The maximum atomic E-state index is 4.31. The first-order chi connectivity index (χ1) is 9.24. The monoisotopic (exact) mass is 253 g/mol. The Balaban J connectivity index is 1.80. The predicted octanol–water partition coefficient (Wildman–Crippen LogP) is 2.58. The number of anilines is 1. The third-order valence-electron chi connectivity index (χ3n) is 3.25. The summed E-state index contributed by atoms with van der Waals surface area (Å²) in [5.74, 6) is 0.900. The highest BCUT2D eigenvalue weighted by Gasteiger charge is 2.05. The van der Waals surface area contributed by atoms with Crippen LogP contribution >= 0.6 is 0 Å². The molecule has 5 nitrogen and oxygen atoms in total. The van der Waals surface area contributed by atoms with Crippen molar-refractivity contribution in [3.05, 3.63) is 47.4 Å². The normalized spacial score (nSPS) is 10.8.